The van der Waals surface area contributed by atoms with Crippen LogP contribution < -0.4 is 4.90 Å². The summed E-state index contributed by atoms with van der Waals surface area (Å²) < 4.78 is 5.24. The summed E-state index contributed by atoms with van der Waals surface area (Å²) in [4.78, 5) is 13.5. The standard InChI is InChI=1S/C14H18N4O/c1-12-16-13(11-19-12)10-17-6-8-18(9-7-17)14-4-2-3-5-15-14/h2-5,11H,6-10H2,1H3. The number of nitrogens with zero attached hydrogens (tertiary/aromatic N) is 4. The van der Waals surface area contributed by atoms with Gasteiger partial charge >= 0.3 is 0 Å². The first kappa shape index (κ1) is 12.2. The first-order chi connectivity index (χ1) is 9.31. The van der Waals surface area contributed by atoms with Gasteiger partial charge in [0, 0.05) is 45.8 Å². The monoisotopic (exact) mass is 258 g/mol. The maximum atomic E-state index is 5.24. The van der Waals surface area contributed by atoms with E-state index in [1.54, 1.807) is 6.26 Å². The van der Waals surface area contributed by atoms with Crippen LogP contribution in [0.1, 0.15) is 11.6 Å². The molecular weight excluding hydrogens is 240 g/mol. The molecule has 0 aromatic carbocycles. The Morgan fingerprint density at radius 3 is 2.68 bits per heavy atom. The molecule has 0 saturated carbocycles. The van der Waals surface area contributed by atoms with Crippen molar-refractivity contribution in [3.05, 3.63) is 42.2 Å². The van der Waals surface area contributed by atoms with Crippen LogP contribution in [-0.4, -0.2) is 41.0 Å². The Balaban J connectivity index is 1.55. The lowest BCUT2D eigenvalue weighted by molar-refractivity contribution is 0.246. The summed E-state index contributed by atoms with van der Waals surface area (Å²) >= 11 is 0. The van der Waals surface area contributed by atoms with Gasteiger partial charge in [-0.1, -0.05) is 6.07 Å². The van der Waals surface area contributed by atoms with E-state index in [0.29, 0.717) is 0 Å². The normalized spacial score (nSPS) is 16.8. The Kier molecular flexibility index (Phi) is 3.46. The average Bonchev–Trinajstić information content (AvgIpc) is 2.86. The lowest BCUT2D eigenvalue weighted by Gasteiger charge is -2.34. The Labute approximate surface area is 112 Å². The van der Waals surface area contributed by atoms with Gasteiger partial charge < -0.3 is 9.32 Å². The van der Waals surface area contributed by atoms with Crippen LogP contribution in [0.15, 0.2) is 35.1 Å². The molecule has 0 N–H and O–H groups in total. The van der Waals surface area contributed by atoms with Gasteiger partial charge in [0.2, 0.25) is 0 Å². The second-order valence-corrected chi connectivity index (χ2v) is 4.81. The van der Waals surface area contributed by atoms with Gasteiger partial charge in [-0.3, -0.25) is 4.90 Å². The van der Waals surface area contributed by atoms with Gasteiger partial charge in [-0.25, -0.2) is 9.97 Å². The molecule has 0 unspecified atom stereocenters. The summed E-state index contributed by atoms with van der Waals surface area (Å²) in [7, 11) is 0. The van der Waals surface area contributed by atoms with Gasteiger partial charge in [-0.2, -0.15) is 0 Å². The minimum absolute atomic E-state index is 0.738. The topological polar surface area (TPSA) is 45.4 Å². The van der Waals surface area contributed by atoms with E-state index >= 15 is 0 Å². The van der Waals surface area contributed by atoms with Crippen molar-refractivity contribution in [3.63, 3.8) is 0 Å². The van der Waals surface area contributed by atoms with Gasteiger partial charge in [0.05, 0.1) is 5.69 Å². The van der Waals surface area contributed by atoms with Gasteiger partial charge in [0.15, 0.2) is 5.89 Å². The van der Waals surface area contributed by atoms with Crippen molar-refractivity contribution in [3.8, 4) is 0 Å². The Morgan fingerprint density at radius 1 is 1.21 bits per heavy atom. The van der Waals surface area contributed by atoms with Gasteiger partial charge in [-0.15, -0.1) is 0 Å². The summed E-state index contributed by atoms with van der Waals surface area (Å²) in [6.07, 6.45) is 3.60. The molecule has 0 atom stereocenters. The van der Waals surface area contributed by atoms with Crippen molar-refractivity contribution >= 4 is 5.82 Å². The van der Waals surface area contributed by atoms with E-state index < -0.39 is 0 Å². The molecule has 2 aromatic rings. The Hall–Kier alpha value is -1.88. The third-order valence-electron chi connectivity index (χ3n) is 3.40. The molecule has 1 aliphatic heterocycles. The second-order valence-electron chi connectivity index (χ2n) is 4.81. The van der Waals surface area contributed by atoms with E-state index in [2.05, 4.69) is 25.8 Å². The number of rotatable bonds is 3. The maximum absolute atomic E-state index is 5.24. The zero-order valence-corrected chi connectivity index (χ0v) is 11.1. The maximum Gasteiger partial charge on any atom is 0.191 e. The number of anilines is 1. The minimum atomic E-state index is 0.738. The molecule has 19 heavy (non-hydrogen) atoms. The van der Waals surface area contributed by atoms with Crippen LogP contribution in [0.25, 0.3) is 0 Å². The Bertz CT molecular complexity index is 517. The van der Waals surface area contributed by atoms with Crippen molar-refractivity contribution in [1.29, 1.82) is 0 Å². The highest BCUT2D eigenvalue weighted by Gasteiger charge is 2.18. The molecule has 0 amide bonds. The molecule has 100 valence electrons. The number of aromatic nitrogens is 2. The van der Waals surface area contributed by atoms with Crippen molar-refractivity contribution < 1.29 is 4.42 Å². The summed E-state index contributed by atoms with van der Waals surface area (Å²) in [5.74, 6) is 1.81. The van der Waals surface area contributed by atoms with Crippen molar-refractivity contribution in [1.82, 2.24) is 14.9 Å². The SMILES string of the molecule is Cc1nc(CN2CCN(c3ccccn3)CC2)co1. The van der Waals surface area contributed by atoms with Crippen LogP contribution >= 0.6 is 0 Å². The molecule has 5 nitrogen and oxygen atoms in total. The number of aryl methyl sites for hydroxylation is 1. The molecule has 0 radical (unpaired) electrons. The van der Waals surface area contributed by atoms with Crippen LogP contribution in [0, 0.1) is 6.92 Å². The minimum Gasteiger partial charge on any atom is -0.449 e. The van der Waals surface area contributed by atoms with Crippen LogP contribution in [0.4, 0.5) is 5.82 Å². The number of piperazine rings is 1. The number of hydrogen-bond donors (Lipinski definition) is 0. The number of oxazole rings is 1. The first-order valence-corrected chi connectivity index (χ1v) is 6.60. The summed E-state index contributed by atoms with van der Waals surface area (Å²) in [6, 6.07) is 6.05. The molecule has 0 aliphatic carbocycles. The van der Waals surface area contributed by atoms with Crippen molar-refractivity contribution in [2.24, 2.45) is 0 Å². The quantitative estimate of drug-likeness (QED) is 0.838. The zero-order chi connectivity index (χ0) is 13.1. The molecule has 5 heteroatoms. The fourth-order valence-electron chi connectivity index (χ4n) is 2.39. The molecule has 2 aromatic heterocycles. The Morgan fingerprint density at radius 2 is 2.05 bits per heavy atom. The number of pyridine rings is 1. The highest BCUT2D eigenvalue weighted by atomic mass is 16.3. The predicted molar refractivity (Wildman–Crippen MR) is 73.0 cm³/mol. The van der Waals surface area contributed by atoms with Crippen molar-refractivity contribution in [2.75, 3.05) is 31.1 Å². The van der Waals surface area contributed by atoms with Crippen molar-refractivity contribution in [2.45, 2.75) is 13.5 Å². The van der Waals surface area contributed by atoms with Gasteiger partial charge in [0.25, 0.3) is 0 Å². The molecule has 3 heterocycles. The molecular formula is C14H18N4O. The fourth-order valence-corrected chi connectivity index (χ4v) is 2.39. The second kappa shape index (κ2) is 5.40. The average molecular weight is 258 g/mol. The summed E-state index contributed by atoms with van der Waals surface area (Å²) in [5.41, 5.74) is 1.02. The first-order valence-electron chi connectivity index (χ1n) is 6.60. The smallest absolute Gasteiger partial charge is 0.191 e. The fraction of sp³-hybridized carbons (Fsp3) is 0.429. The molecule has 1 aliphatic rings. The molecule has 1 fully saturated rings. The third-order valence-corrected chi connectivity index (χ3v) is 3.40. The largest absolute Gasteiger partial charge is 0.449 e. The molecule has 0 spiro atoms. The van der Waals surface area contributed by atoms with Crippen LogP contribution in [-0.2, 0) is 6.54 Å². The lowest BCUT2D eigenvalue weighted by atomic mass is 10.3. The van der Waals surface area contributed by atoms with E-state index in [1.165, 1.54) is 0 Å². The summed E-state index contributed by atoms with van der Waals surface area (Å²) in [6.45, 7) is 6.82. The highest BCUT2D eigenvalue weighted by molar-refractivity contribution is 5.38. The number of hydrogen-bond acceptors (Lipinski definition) is 5. The third kappa shape index (κ3) is 2.93. The predicted octanol–water partition coefficient (Wildman–Crippen LogP) is 1.70. The molecule has 3 rings (SSSR count). The molecule has 0 bridgehead atoms. The van der Waals surface area contributed by atoms with Gasteiger partial charge in [-0.05, 0) is 12.1 Å². The molecule has 1 saturated heterocycles. The highest BCUT2D eigenvalue weighted by Crippen LogP contribution is 2.14. The lowest BCUT2D eigenvalue weighted by Crippen LogP contribution is -2.46. The van der Waals surface area contributed by atoms with E-state index in [1.807, 2.05) is 25.3 Å². The van der Waals surface area contributed by atoms with E-state index in [4.69, 9.17) is 4.42 Å². The van der Waals surface area contributed by atoms with E-state index in [0.717, 1.165) is 50.1 Å². The van der Waals surface area contributed by atoms with Gasteiger partial charge in [0.1, 0.15) is 12.1 Å². The zero-order valence-electron chi connectivity index (χ0n) is 11.1. The van der Waals surface area contributed by atoms with E-state index in [-0.39, 0.29) is 0 Å². The summed E-state index contributed by atoms with van der Waals surface area (Å²) in [5, 5.41) is 0. The van der Waals surface area contributed by atoms with Crippen LogP contribution in [0.2, 0.25) is 0 Å². The van der Waals surface area contributed by atoms with E-state index in [9.17, 15) is 0 Å². The van der Waals surface area contributed by atoms with Crippen LogP contribution in [0.3, 0.4) is 0 Å². The van der Waals surface area contributed by atoms with Crippen LogP contribution in [0.5, 0.6) is 0 Å².